The average Bonchev–Trinajstić information content (AvgIpc) is 2.98. The number of aryl methyl sites for hydroxylation is 1. The molecule has 0 unspecified atom stereocenters. The quantitative estimate of drug-likeness (QED) is 0.607. The van der Waals surface area contributed by atoms with Crippen LogP contribution in [0.4, 0.5) is 10.6 Å². The van der Waals surface area contributed by atoms with Gasteiger partial charge in [0.05, 0.1) is 5.52 Å². The Morgan fingerprint density at radius 2 is 1.88 bits per heavy atom. The first-order valence-corrected chi connectivity index (χ1v) is 8.27. The maximum atomic E-state index is 11.9. The topological polar surface area (TPSA) is 69.8 Å². The summed E-state index contributed by atoms with van der Waals surface area (Å²) in [5.74, 6) is 0.550. The number of aromatic amines is 1. The lowest BCUT2D eigenvalue weighted by atomic mass is 10.0. The van der Waals surface area contributed by atoms with Crippen LogP contribution in [0.25, 0.3) is 22.0 Å². The van der Waals surface area contributed by atoms with Crippen LogP contribution in [0.15, 0.2) is 42.5 Å². The summed E-state index contributed by atoms with van der Waals surface area (Å²) >= 11 is 0. The molecule has 3 rings (SSSR count). The SMILES string of the molecule is CCCCNC(=O)Nc1n[nH]c2cc(-c3ccc(C)cc3)ccc12. The van der Waals surface area contributed by atoms with Crippen LogP contribution < -0.4 is 10.6 Å². The summed E-state index contributed by atoms with van der Waals surface area (Å²) in [5.41, 5.74) is 4.41. The molecular weight excluding hydrogens is 300 g/mol. The summed E-state index contributed by atoms with van der Waals surface area (Å²) in [6, 6.07) is 14.3. The molecule has 0 radical (unpaired) electrons. The zero-order chi connectivity index (χ0) is 16.9. The van der Waals surface area contributed by atoms with Gasteiger partial charge in [-0.05, 0) is 36.6 Å². The fraction of sp³-hybridized carbons (Fsp3) is 0.263. The number of amides is 2. The minimum absolute atomic E-state index is 0.223. The third kappa shape index (κ3) is 3.56. The molecule has 124 valence electrons. The van der Waals surface area contributed by atoms with Crippen molar-refractivity contribution in [2.24, 2.45) is 0 Å². The number of hydrogen-bond acceptors (Lipinski definition) is 2. The fourth-order valence-corrected chi connectivity index (χ4v) is 2.57. The van der Waals surface area contributed by atoms with Gasteiger partial charge in [0.1, 0.15) is 0 Å². The van der Waals surface area contributed by atoms with E-state index >= 15 is 0 Å². The molecular formula is C19H22N4O. The summed E-state index contributed by atoms with van der Waals surface area (Å²) < 4.78 is 0. The molecule has 3 N–H and O–H groups in total. The van der Waals surface area contributed by atoms with E-state index in [0.29, 0.717) is 12.4 Å². The zero-order valence-electron chi connectivity index (χ0n) is 14.0. The normalized spacial score (nSPS) is 10.8. The summed E-state index contributed by atoms with van der Waals surface area (Å²) in [6.45, 7) is 4.83. The summed E-state index contributed by atoms with van der Waals surface area (Å²) in [5, 5.41) is 13.7. The number of carbonyl (C=O) groups excluding carboxylic acids is 1. The lowest BCUT2D eigenvalue weighted by molar-refractivity contribution is 0.252. The van der Waals surface area contributed by atoms with Gasteiger partial charge in [0, 0.05) is 11.9 Å². The molecule has 0 saturated carbocycles. The van der Waals surface area contributed by atoms with Crippen LogP contribution in [0.1, 0.15) is 25.3 Å². The lowest BCUT2D eigenvalue weighted by Gasteiger charge is -2.05. The second-order valence-corrected chi connectivity index (χ2v) is 5.93. The number of anilines is 1. The highest BCUT2D eigenvalue weighted by Crippen LogP contribution is 2.27. The van der Waals surface area contributed by atoms with Gasteiger partial charge in [-0.2, -0.15) is 5.10 Å². The van der Waals surface area contributed by atoms with Crippen molar-refractivity contribution in [1.82, 2.24) is 15.5 Å². The second kappa shape index (κ2) is 7.17. The van der Waals surface area contributed by atoms with E-state index < -0.39 is 0 Å². The maximum Gasteiger partial charge on any atom is 0.320 e. The van der Waals surface area contributed by atoms with E-state index in [-0.39, 0.29) is 6.03 Å². The zero-order valence-corrected chi connectivity index (χ0v) is 14.0. The van der Waals surface area contributed by atoms with Gasteiger partial charge < -0.3 is 5.32 Å². The van der Waals surface area contributed by atoms with Crippen LogP contribution in [-0.2, 0) is 0 Å². The number of aromatic nitrogens is 2. The molecule has 0 atom stereocenters. The lowest BCUT2D eigenvalue weighted by Crippen LogP contribution is -2.29. The molecule has 0 bridgehead atoms. The third-order valence-electron chi connectivity index (χ3n) is 4.00. The molecule has 0 aliphatic heterocycles. The Morgan fingerprint density at radius 3 is 2.62 bits per heavy atom. The largest absolute Gasteiger partial charge is 0.338 e. The number of benzene rings is 2. The summed E-state index contributed by atoms with van der Waals surface area (Å²) in [4.78, 5) is 11.9. The van der Waals surface area contributed by atoms with Crippen molar-refractivity contribution in [1.29, 1.82) is 0 Å². The molecule has 1 aromatic heterocycles. The van der Waals surface area contributed by atoms with Crippen LogP contribution in [0, 0.1) is 6.92 Å². The monoisotopic (exact) mass is 322 g/mol. The number of hydrogen-bond donors (Lipinski definition) is 3. The summed E-state index contributed by atoms with van der Waals surface area (Å²) in [7, 11) is 0. The maximum absolute atomic E-state index is 11.9. The van der Waals surface area contributed by atoms with Gasteiger partial charge in [-0.15, -0.1) is 0 Å². The van der Waals surface area contributed by atoms with E-state index in [1.54, 1.807) is 0 Å². The van der Waals surface area contributed by atoms with E-state index in [2.05, 4.69) is 58.9 Å². The molecule has 0 fully saturated rings. The number of carbonyl (C=O) groups is 1. The molecule has 0 spiro atoms. The van der Waals surface area contributed by atoms with Crippen LogP contribution in [0.3, 0.4) is 0 Å². The minimum Gasteiger partial charge on any atom is -0.338 e. The first kappa shape index (κ1) is 16.1. The predicted molar refractivity (Wildman–Crippen MR) is 98.2 cm³/mol. The van der Waals surface area contributed by atoms with Gasteiger partial charge in [-0.3, -0.25) is 10.4 Å². The second-order valence-electron chi connectivity index (χ2n) is 5.93. The molecule has 5 heteroatoms. The molecule has 1 heterocycles. The molecule has 2 aromatic carbocycles. The molecule has 0 saturated heterocycles. The van der Waals surface area contributed by atoms with Gasteiger partial charge in [-0.25, -0.2) is 4.79 Å². The van der Waals surface area contributed by atoms with Crippen LogP contribution in [0.5, 0.6) is 0 Å². The minimum atomic E-state index is -0.223. The summed E-state index contributed by atoms with van der Waals surface area (Å²) in [6.07, 6.45) is 2.02. The van der Waals surface area contributed by atoms with Crippen LogP contribution >= 0.6 is 0 Å². The fourth-order valence-electron chi connectivity index (χ4n) is 2.57. The van der Waals surface area contributed by atoms with Gasteiger partial charge >= 0.3 is 6.03 Å². The van der Waals surface area contributed by atoms with Gasteiger partial charge in [0.15, 0.2) is 5.82 Å². The number of nitrogens with zero attached hydrogens (tertiary/aromatic N) is 1. The molecule has 3 aromatic rings. The first-order valence-electron chi connectivity index (χ1n) is 8.27. The Morgan fingerprint density at radius 1 is 1.12 bits per heavy atom. The third-order valence-corrected chi connectivity index (χ3v) is 4.00. The highest BCUT2D eigenvalue weighted by atomic mass is 16.2. The Kier molecular flexibility index (Phi) is 4.79. The van der Waals surface area contributed by atoms with E-state index in [9.17, 15) is 4.79 Å². The van der Waals surface area contributed by atoms with Crippen molar-refractivity contribution >= 4 is 22.8 Å². The Balaban J connectivity index is 1.78. The van der Waals surface area contributed by atoms with E-state index in [1.807, 2.05) is 18.2 Å². The first-order chi connectivity index (χ1) is 11.7. The molecule has 2 amide bonds. The van der Waals surface area contributed by atoms with Crippen molar-refractivity contribution in [2.45, 2.75) is 26.7 Å². The van der Waals surface area contributed by atoms with Crippen molar-refractivity contribution in [3.63, 3.8) is 0 Å². The Labute approximate surface area is 141 Å². The molecule has 5 nitrogen and oxygen atoms in total. The highest BCUT2D eigenvalue weighted by Gasteiger charge is 2.10. The highest BCUT2D eigenvalue weighted by molar-refractivity contribution is 6.00. The standard InChI is InChI=1S/C19H22N4O/c1-3-4-11-20-19(24)21-18-16-10-9-15(12-17(16)22-23-18)14-7-5-13(2)6-8-14/h5-10,12H,3-4,11H2,1-2H3,(H3,20,21,22,23,24). The van der Waals surface area contributed by atoms with Crippen molar-refractivity contribution in [3.8, 4) is 11.1 Å². The van der Waals surface area contributed by atoms with Crippen LogP contribution in [-0.4, -0.2) is 22.8 Å². The molecule has 0 aliphatic carbocycles. The van der Waals surface area contributed by atoms with Crippen molar-refractivity contribution in [2.75, 3.05) is 11.9 Å². The number of urea groups is 1. The van der Waals surface area contributed by atoms with E-state index in [4.69, 9.17) is 0 Å². The number of H-pyrrole nitrogens is 1. The Hall–Kier alpha value is -2.82. The number of nitrogens with one attached hydrogen (secondary N) is 3. The molecule has 24 heavy (non-hydrogen) atoms. The van der Waals surface area contributed by atoms with E-state index in [1.165, 1.54) is 5.56 Å². The van der Waals surface area contributed by atoms with Gasteiger partial charge in [0.25, 0.3) is 0 Å². The van der Waals surface area contributed by atoms with Crippen molar-refractivity contribution in [3.05, 3.63) is 48.0 Å². The number of unbranched alkanes of at least 4 members (excludes halogenated alkanes) is 1. The predicted octanol–water partition coefficient (Wildman–Crippen LogP) is 4.46. The number of rotatable bonds is 5. The number of fused-ring (bicyclic) bond motifs is 1. The van der Waals surface area contributed by atoms with Crippen LogP contribution in [0.2, 0.25) is 0 Å². The van der Waals surface area contributed by atoms with Gasteiger partial charge in [-0.1, -0.05) is 49.2 Å². The van der Waals surface area contributed by atoms with Crippen molar-refractivity contribution < 1.29 is 4.79 Å². The van der Waals surface area contributed by atoms with E-state index in [0.717, 1.165) is 34.9 Å². The van der Waals surface area contributed by atoms with Gasteiger partial charge in [0.2, 0.25) is 0 Å². The molecule has 0 aliphatic rings. The average molecular weight is 322 g/mol. The Bertz CT molecular complexity index is 836. The smallest absolute Gasteiger partial charge is 0.320 e.